The number of benzene rings is 1. The van der Waals surface area contributed by atoms with Crippen molar-refractivity contribution in [1.29, 1.82) is 0 Å². The summed E-state index contributed by atoms with van der Waals surface area (Å²) in [5.41, 5.74) is 3.21. The molecule has 0 fully saturated rings. The second kappa shape index (κ2) is 4.91. The number of aromatic nitrogens is 2. The average Bonchev–Trinajstić information content (AvgIpc) is 2.72. The van der Waals surface area contributed by atoms with Crippen LogP contribution in [0.2, 0.25) is 0 Å². The largest absolute Gasteiger partial charge is 0.508 e. The van der Waals surface area contributed by atoms with Gasteiger partial charge in [0.15, 0.2) is 0 Å². The highest BCUT2D eigenvalue weighted by Gasteiger charge is 2.10. The van der Waals surface area contributed by atoms with E-state index in [4.69, 9.17) is 0 Å². The number of nitrogens with zero attached hydrogens (tertiary/aromatic N) is 1. The van der Waals surface area contributed by atoms with Crippen LogP contribution in [0.5, 0.6) is 5.75 Å². The van der Waals surface area contributed by atoms with Crippen molar-refractivity contribution in [2.45, 2.75) is 20.4 Å². The van der Waals surface area contributed by atoms with E-state index < -0.39 is 0 Å². The van der Waals surface area contributed by atoms with Gasteiger partial charge in [-0.05, 0) is 37.6 Å². The zero-order valence-electron chi connectivity index (χ0n) is 10.3. The molecule has 0 aliphatic heterocycles. The fourth-order valence-electron chi connectivity index (χ4n) is 1.73. The molecule has 0 saturated heterocycles. The minimum atomic E-state index is -0.159. The molecule has 94 valence electrons. The van der Waals surface area contributed by atoms with Crippen LogP contribution >= 0.6 is 0 Å². The molecule has 1 aromatic carbocycles. The number of carbonyl (C=O) groups excluding carboxylic acids is 1. The van der Waals surface area contributed by atoms with Gasteiger partial charge in [0.05, 0.1) is 6.20 Å². The Morgan fingerprint density at radius 2 is 2.22 bits per heavy atom. The summed E-state index contributed by atoms with van der Waals surface area (Å²) in [6, 6.07) is 4.69. The molecular formula is C13H15N3O2. The van der Waals surface area contributed by atoms with Crippen LogP contribution < -0.4 is 5.32 Å². The number of hydrogen-bond acceptors (Lipinski definition) is 3. The topological polar surface area (TPSA) is 78.0 Å². The van der Waals surface area contributed by atoms with Crippen LogP contribution in [0.1, 0.15) is 27.2 Å². The van der Waals surface area contributed by atoms with Gasteiger partial charge in [-0.1, -0.05) is 0 Å². The lowest BCUT2D eigenvalue weighted by Gasteiger charge is -2.07. The van der Waals surface area contributed by atoms with Gasteiger partial charge in [0, 0.05) is 23.4 Å². The summed E-state index contributed by atoms with van der Waals surface area (Å²) in [6.45, 7) is 4.12. The van der Waals surface area contributed by atoms with Gasteiger partial charge >= 0.3 is 0 Å². The molecule has 1 amide bonds. The number of rotatable bonds is 3. The van der Waals surface area contributed by atoms with E-state index in [0.717, 1.165) is 16.8 Å². The van der Waals surface area contributed by atoms with Crippen molar-refractivity contribution in [1.82, 2.24) is 15.5 Å². The molecular weight excluding hydrogens is 230 g/mol. The number of amides is 1. The quantitative estimate of drug-likeness (QED) is 0.769. The maximum atomic E-state index is 12.0. The van der Waals surface area contributed by atoms with Gasteiger partial charge in [-0.25, -0.2) is 0 Å². The predicted octanol–water partition coefficient (Wildman–Crippen LogP) is 1.66. The monoisotopic (exact) mass is 245 g/mol. The summed E-state index contributed by atoms with van der Waals surface area (Å²) in [6.07, 6.45) is 1.69. The number of aryl methyl sites for hydroxylation is 2. The average molecular weight is 245 g/mol. The van der Waals surface area contributed by atoms with Gasteiger partial charge in [-0.15, -0.1) is 0 Å². The second-order valence-corrected chi connectivity index (χ2v) is 4.20. The highest BCUT2D eigenvalue weighted by Crippen LogP contribution is 2.15. The summed E-state index contributed by atoms with van der Waals surface area (Å²) < 4.78 is 0. The summed E-state index contributed by atoms with van der Waals surface area (Å²) in [5, 5.41) is 18.8. The van der Waals surface area contributed by atoms with E-state index in [9.17, 15) is 9.90 Å². The van der Waals surface area contributed by atoms with E-state index >= 15 is 0 Å². The first-order valence-electron chi connectivity index (χ1n) is 5.64. The number of hydrogen-bond donors (Lipinski definition) is 3. The molecule has 5 nitrogen and oxygen atoms in total. The van der Waals surface area contributed by atoms with Crippen LogP contribution in [-0.2, 0) is 6.54 Å². The molecule has 18 heavy (non-hydrogen) atoms. The van der Waals surface area contributed by atoms with Crippen molar-refractivity contribution in [2.75, 3.05) is 0 Å². The number of nitrogens with one attached hydrogen (secondary N) is 2. The molecule has 0 atom stereocenters. The van der Waals surface area contributed by atoms with Crippen molar-refractivity contribution in [2.24, 2.45) is 0 Å². The summed E-state index contributed by atoms with van der Waals surface area (Å²) in [7, 11) is 0. The molecule has 0 spiro atoms. The Kier molecular flexibility index (Phi) is 3.32. The van der Waals surface area contributed by atoms with E-state index in [-0.39, 0.29) is 11.7 Å². The van der Waals surface area contributed by atoms with Gasteiger partial charge in [0.1, 0.15) is 5.75 Å². The first-order valence-corrected chi connectivity index (χ1v) is 5.64. The molecule has 0 aliphatic carbocycles. The zero-order chi connectivity index (χ0) is 13.1. The van der Waals surface area contributed by atoms with Crippen LogP contribution in [-0.4, -0.2) is 21.2 Å². The van der Waals surface area contributed by atoms with Crippen molar-refractivity contribution in [3.8, 4) is 5.75 Å². The van der Waals surface area contributed by atoms with Crippen LogP contribution in [0.4, 0.5) is 0 Å². The van der Waals surface area contributed by atoms with E-state index in [2.05, 4.69) is 15.5 Å². The second-order valence-electron chi connectivity index (χ2n) is 4.20. The molecule has 1 aromatic heterocycles. The van der Waals surface area contributed by atoms with Crippen molar-refractivity contribution in [3.63, 3.8) is 0 Å². The highest BCUT2D eigenvalue weighted by atomic mass is 16.3. The Balaban J connectivity index is 2.06. The first kappa shape index (κ1) is 12.2. The highest BCUT2D eigenvalue weighted by molar-refractivity contribution is 5.95. The third-order valence-corrected chi connectivity index (χ3v) is 2.83. The van der Waals surface area contributed by atoms with Gasteiger partial charge in [0.25, 0.3) is 5.91 Å². The fraction of sp³-hybridized carbons (Fsp3) is 0.231. The Hall–Kier alpha value is -2.30. The Morgan fingerprint density at radius 1 is 1.44 bits per heavy atom. The number of aromatic hydroxyl groups is 1. The molecule has 2 rings (SSSR count). The smallest absolute Gasteiger partial charge is 0.251 e. The van der Waals surface area contributed by atoms with Crippen LogP contribution in [0.3, 0.4) is 0 Å². The first-order chi connectivity index (χ1) is 8.58. The number of phenols is 1. The fourth-order valence-corrected chi connectivity index (χ4v) is 1.73. The zero-order valence-corrected chi connectivity index (χ0v) is 10.3. The van der Waals surface area contributed by atoms with Crippen LogP contribution in [0.25, 0.3) is 0 Å². The van der Waals surface area contributed by atoms with Crippen molar-refractivity contribution in [3.05, 3.63) is 46.8 Å². The lowest BCUT2D eigenvalue weighted by atomic mass is 10.1. The molecule has 2 aromatic rings. The van der Waals surface area contributed by atoms with Gasteiger partial charge < -0.3 is 10.4 Å². The minimum absolute atomic E-state index is 0.159. The van der Waals surface area contributed by atoms with Gasteiger partial charge in [0.2, 0.25) is 0 Å². The van der Waals surface area contributed by atoms with E-state index in [1.165, 1.54) is 6.07 Å². The minimum Gasteiger partial charge on any atom is -0.508 e. The van der Waals surface area contributed by atoms with E-state index in [1.54, 1.807) is 25.3 Å². The number of carbonyl (C=O) groups is 1. The Morgan fingerprint density at radius 3 is 2.83 bits per heavy atom. The van der Waals surface area contributed by atoms with Gasteiger partial charge in [-0.2, -0.15) is 5.10 Å². The van der Waals surface area contributed by atoms with E-state index in [0.29, 0.717) is 12.1 Å². The SMILES string of the molecule is Cc1cc(O)ccc1C(=O)NCc1cn[nH]c1C. The van der Waals surface area contributed by atoms with Crippen LogP contribution in [0.15, 0.2) is 24.4 Å². The molecule has 5 heteroatoms. The number of aromatic amines is 1. The Bertz CT molecular complexity index is 575. The van der Waals surface area contributed by atoms with Crippen LogP contribution in [0, 0.1) is 13.8 Å². The molecule has 0 aliphatic rings. The molecule has 0 unspecified atom stereocenters. The summed E-state index contributed by atoms with van der Waals surface area (Å²) >= 11 is 0. The summed E-state index contributed by atoms with van der Waals surface area (Å²) in [4.78, 5) is 12.0. The molecule has 0 saturated carbocycles. The molecule has 1 heterocycles. The predicted molar refractivity (Wildman–Crippen MR) is 67.3 cm³/mol. The van der Waals surface area contributed by atoms with E-state index in [1.807, 2.05) is 6.92 Å². The lowest BCUT2D eigenvalue weighted by Crippen LogP contribution is -2.23. The maximum absolute atomic E-state index is 12.0. The van der Waals surface area contributed by atoms with Gasteiger partial charge in [-0.3, -0.25) is 9.89 Å². The number of phenolic OH excluding ortho intramolecular Hbond substituents is 1. The summed E-state index contributed by atoms with van der Waals surface area (Å²) in [5.74, 6) is 0.00262. The lowest BCUT2D eigenvalue weighted by molar-refractivity contribution is 0.0950. The van der Waals surface area contributed by atoms with Crippen molar-refractivity contribution >= 4 is 5.91 Å². The Labute approximate surface area is 105 Å². The maximum Gasteiger partial charge on any atom is 0.251 e. The third-order valence-electron chi connectivity index (χ3n) is 2.83. The molecule has 0 radical (unpaired) electrons. The normalized spacial score (nSPS) is 10.3. The molecule has 0 bridgehead atoms. The number of H-pyrrole nitrogens is 1. The third kappa shape index (κ3) is 2.51. The molecule has 3 N–H and O–H groups in total. The van der Waals surface area contributed by atoms with Crippen molar-refractivity contribution < 1.29 is 9.90 Å². The standard InChI is InChI=1S/C13H15N3O2/c1-8-5-11(17)3-4-12(8)13(18)14-6-10-7-15-16-9(10)2/h3-5,7,17H,6H2,1-2H3,(H,14,18)(H,15,16).